The lowest BCUT2D eigenvalue weighted by Gasteiger charge is -2.43. The molecule has 5 rings (SSSR count). The number of rotatable bonds is 14. The number of aromatic hydroxyl groups is 2. The SMILES string of the molecule is CN=C(N)NCOc1cc(C(=O)O)c2cc1OC1OC(C(O)OC(=O)c3cc(OC)c(O)c(OCCc4ccccc4)c3O)C(O)C(O)C1OCC#CC(CC(C)C)C(C)N2. The molecule has 0 radical (unpaired) electrons. The number of carboxylic acids is 1. The van der Waals surface area contributed by atoms with Crippen molar-refractivity contribution in [3.63, 3.8) is 0 Å². The number of aliphatic hydroxyl groups is 3. The number of carbonyl (C=O) groups is 2. The summed E-state index contributed by atoms with van der Waals surface area (Å²) in [6, 6.07) is 12.3. The van der Waals surface area contributed by atoms with Gasteiger partial charge in [0.05, 0.1) is 25.0 Å². The number of nitrogens with zero attached hydrogens (tertiary/aromatic N) is 1. The van der Waals surface area contributed by atoms with Crippen LogP contribution in [-0.2, 0) is 20.6 Å². The molecule has 61 heavy (non-hydrogen) atoms. The maximum atomic E-state index is 13.5. The Morgan fingerprint density at radius 3 is 2.44 bits per heavy atom. The van der Waals surface area contributed by atoms with Gasteiger partial charge in [0.15, 0.2) is 41.8 Å². The average molecular weight is 853 g/mol. The van der Waals surface area contributed by atoms with E-state index >= 15 is 0 Å². The highest BCUT2D eigenvalue weighted by Crippen LogP contribution is 2.46. The molecular formula is C42H52N4O15. The molecule has 0 saturated carbocycles. The maximum Gasteiger partial charge on any atom is 0.344 e. The van der Waals surface area contributed by atoms with Crippen molar-refractivity contribution in [2.45, 2.75) is 76.7 Å². The molecule has 0 amide bonds. The molecule has 3 aromatic carbocycles. The Morgan fingerprint density at radius 1 is 1.05 bits per heavy atom. The van der Waals surface area contributed by atoms with Crippen LogP contribution >= 0.6 is 0 Å². The molecule has 0 aliphatic carbocycles. The number of aromatic carboxylic acids is 1. The molecule has 8 atom stereocenters. The van der Waals surface area contributed by atoms with Gasteiger partial charge in [0, 0.05) is 43.6 Å². The molecular weight excluding hydrogens is 800 g/mol. The van der Waals surface area contributed by atoms with E-state index in [9.17, 15) is 40.2 Å². The fourth-order valence-electron chi connectivity index (χ4n) is 6.59. The largest absolute Gasteiger partial charge is 0.504 e. The second-order valence-corrected chi connectivity index (χ2v) is 14.6. The molecule has 1 fully saturated rings. The Hall–Kier alpha value is -6.17. The van der Waals surface area contributed by atoms with E-state index in [1.54, 1.807) is 0 Å². The molecule has 1 saturated heterocycles. The summed E-state index contributed by atoms with van der Waals surface area (Å²) >= 11 is 0. The molecule has 330 valence electrons. The number of nitrogens with two attached hydrogens (primary N) is 1. The molecule has 3 aromatic rings. The van der Waals surface area contributed by atoms with Crippen LogP contribution in [0.5, 0.6) is 34.5 Å². The topological polar surface area (TPSA) is 283 Å². The zero-order chi connectivity index (χ0) is 44.4. The van der Waals surface area contributed by atoms with Crippen molar-refractivity contribution in [1.82, 2.24) is 5.32 Å². The normalized spacial score (nSPS) is 23.2. The van der Waals surface area contributed by atoms with Crippen LogP contribution < -0.4 is 35.3 Å². The average Bonchev–Trinajstić information content (AvgIpc) is 3.23. The molecule has 19 nitrogen and oxygen atoms in total. The van der Waals surface area contributed by atoms with Crippen LogP contribution in [0.1, 0.15) is 53.5 Å². The van der Waals surface area contributed by atoms with Crippen LogP contribution in [0.15, 0.2) is 53.5 Å². The van der Waals surface area contributed by atoms with E-state index in [0.717, 1.165) is 11.6 Å². The number of fused-ring (bicyclic) bond motifs is 3. The molecule has 0 spiro atoms. The summed E-state index contributed by atoms with van der Waals surface area (Å²) in [7, 11) is 2.64. The Morgan fingerprint density at radius 2 is 1.77 bits per heavy atom. The van der Waals surface area contributed by atoms with Crippen LogP contribution in [0, 0.1) is 23.7 Å². The number of hydrogen-bond acceptors (Lipinski definition) is 16. The number of nitrogens with one attached hydrogen (secondary N) is 2. The number of ether oxygens (including phenoxy) is 7. The summed E-state index contributed by atoms with van der Waals surface area (Å²) in [6.45, 7) is 5.28. The predicted molar refractivity (Wildman–Crippen MR) is 218 cm³/mol. The molecule has 2 aliphatic rings. The summed E-state index contributed by atoms with van der Waals surface area (Å²) < 4.78 is 40.0. The van der Waals surface area contributed by atoms with E-state index in [1.807, 2.05) is 51.1 Å². The zero-order valence-electron chi connectivity index (χ0n) is 34.2. The molecule has 10 N–H and O–H groups in total. The minimum Gasteiger partial charge on any atom is -0.504 e. The Kier molecular flexibility index (Phi) is 15.7. The van der Waals surface area contributed by atoms with Crippen molar-refractivity contribution in [1.29, 1.82) is 0 Å². The minimum atomic E-state index is -2.34. The molecule has 0 aromatic heterocycles. The van der Waals surface area contributed by atoms with Gasteiger partial charge in [0.1, 0.15) is 30.5 Å². The first-order chi connectivity index (χ1) is 29.1. The first-order valence-electron chi connectivity index (χ1n) is 19.4. The van der Waals surface area contributed by atoms with Gasteiger partial charge in [-0.05, 0) is 24.8 Å². The van der Waals surface area contributed by atoms with E-state index in [4.69, 9.17) is 38.9 Å². The van der Waals surface area contributed by atoms with Crippen molar-refractivity contribution in [2.24, 2.45) is 22.6 Å². The molecule has 8 unspecified atom stereocenters. The minimum absolute atomic E-state index is 0.0149. The van der Waals surface area contributed by atoms with Gasteiger partial charge in [-0.15, -0.1) is 0 Å². The third-order valence-corrected chi connectivity index (χ3v) is 9.83. The van der Waals surface area contributed by atoms with E-state index in [0.29, 0.717) is 12.8 Å². The van der Waals surface area contributed by atoms with Crippen LogP contribution in [0.4, 0.5) is 5.69 Å². The summed E-state index contributed by atoms with van der Waals surface area (Å²) in [5.41, 5.74) is 5.97. The number of aliphatic imine (C=N–C) groups is 1. The van der Waals surface area contributed by atoms with Crippen LogP contribution in [0.3, 0.4) is 0 Å². The van der Waals surface area contributed by atoms with E-state index in [2.05, 4.69) is 27.5 Å². The fourth-order valence-corrected chi connectivity index (χ4v) is 6.59. The number of carboxylic acid groups (broad SMARTS) is 1. The number of guanidine groups is 1. The van der Waals surface area contributed by atoms with Crippen molar-refractivity contribution < 1.29 is 73.4 Å². The van der Waals surface area contributed by atoms with Gasteiger partial charge < -0.3 is 80.2 Å². The first kappa shape index (κ1) is 45.9. The highest BCUT2D eigenvalue weighted by Gasteiger charge is 2.50. The third kappa shape index (κ3) is 11.4. The lowest BCUT2D eigenvalue weighted by Crippen LogP contribution is -2.63. The second kappa shape index (κ2) is 20.9. The van der Waals surface area contributed by atoms with Crippen LogP contribution in [0.2, 0.25) is 0 Å². The van der Waals surface area contributed by atoms with E-state index in [1.165, 1.54) is 26.3 Å². The number of methoxy groups -OCH3 is 1. The molecule has 19 heteroatoms. The van der Waals surface area contributed by atoms with Gasteiger partial charge in [0.2, 0.25) is 24.1 Å². The van der Waals surface area contributed by atoms with Gasteiger partial charge in [-0.3, -0.25) is 4.99 Å². The van der Waals surface area contributed by atoms with Gasteiger partial charge in [-0.2, -0.15) is 0 Å². The van der Waals surface area contributed by atoms with Crippen molar-refractivity contribution in [2.75, 3.05) is 39.4 Å². The highest BCUT2D eigenvalue weighted by molar-refractivity contribution is 5.96. The number of carbonyl (C=O) groups excluding carboxylic acids is 1. The van der Waals surface area contributed by atoms with Gasteiger partial charge >= 0.3 is 11.9 Å². The third-order valence-electron chi connectivity index (χ3n) is 9.83. The smallest absolute Gasteiger partial charge is 0.344 e. The van der Waals surface area contributed by atoms with Crippen molar-refractivity contribution in [3.05, 3.63) is 65.2 Å². The van der Waals surface area contributed by atoms with Gasteiger partial charge in [-0.1, -0.05) is 56.0 Å². The number of benzene rings is 3. The van der Waals surface area contributed by atoms with Crippen LogP contribution in [0.25, 0.3) is 0 Å². The number of esters is 1. The van der Waals surface area contributed by atoms with E-state index < -0.39 is 71.7 Å². The summed E-state index contributed by atoms with van der Waals surface area (Å²) in [5, 5.41) is 72.0. The number of aliphatic hydroxyl groups excluding tert-OH is 3. The molecule has 2 heterocycles. The summed E-state index contributed by atoms with van der Waals surface area (Å²) in [6.07, 6.45) is -10.3. The number of hydrogen-bond donors (Lipinski definition) is 9. The van der Waals surface area contributed by atoms with Gasteiger partial charge in [0.25, 0.3) is 0 Å². The second-order valence-electron chi connectivity index (χ2n) is 14.6. The predicted octanol–water partition coefficient (Wildman–Crippen LogP) is 2.16. The Balaban J connectivity index is 1.46. The van der Waals surface area contributed by atoms with E-state index in [-0.39, 0.29) is 72.3 Å². The number of phenolic OH excluding ortho intramolecular Hbond substituents is 2. The summed E-state index contributed by atoms with van der Waals surface area (Å²) in [5.74, 6) is 0.876. The maximum absolute atomic E-state index is 13.5. The standard InChI is InChI=1S/C42H52N4O15/c1-21(2)16-24-12-9-14-56-37-34(50)33(49)36(60-41(37)59-29-19-27(46-22(24)3)25(38(51)52)17-28(29)58-20-45-42(43)44-4)40(54)61-39(53)26-18-30(55-5)32(48)35(31(26)47)57-15-13-23-10-7-6-8-11-23/h6-8,10-11,17-19,21-22,24,33-34,36-37,40-41,46-50,54H,13-16,20H2,1-5H3,(H,51,52)(H3,43,44,45). The highest BCUT2D eigenvalue weighted by atomic mass is 16.7. The molecule has 2 bridgehead atoms. The summed E-state index contributed by atoms with van der Waals surface area (Å²) in [4.78, 5) is 29.9. The quantitative estimate of drug-likeness (QED) is 0.0369. The Bertz CT molecular complexity index is 2090. The number of phenols is 2. The first-order valence-corrected chi connectivity index (χ1v) is 19.4. The number of anilines is 1. The Labute approximate surface area is 352 Å². The fraction of sp³-hybridized carbons (Fsp3) is 0.452. The van der Waals surface area contributed by atoms with Crippen molar-refractivity contribution in [3.8, 4) is 46.3 Å². The van der Waals surface area contributed by atoms with Crippen LogP contribution in [-0.4, -0.2) is 126 Å². The zero-order valence-corrected chi connectivity index (χ0v) is 34.2. The lowest BCUT2D eigenvalue weighted by molar-refractivity contribution is -0.314. The van der Waals surface area contributed by atoms with Gasteiger partial charge in [-0.25, -0.2) is 9.59 Å². The van der Waals surface area contributed by atoms with Crippen molar-refractivity contribution >= 4 is 23.6 Å². The monoisotopic (exact) mass is 852 g/mol. The lowest BCUT2D eigenvalue weighted by atomic mass is 9.91. The molecule has 2 aliphatic heterocycles.